The van der Waals surface area contributed by atoms with Crippen LogP contribution in [0.15, 0.2) is 17.0 Å². The summed E-state index contributed by atoms with van der Waals surface area (Å²) < 4.78 is 2.83. The number of nitrogens with zero attached hydrogens (tertiary/aromatic N) is 3. The first-order valence-corrected chi connectivity index (χ1v) is 6.55. The van der Waals surface area contributed by atoms with Crippen molar-refractivity contribution in [2.75, 3.05) is 18.8 Å². The van der Waals surface area contributed by atoms with Gasteiger partial charge in [0.1, 0.15) is 15.9 Å². The average molecular weight is 296 g/mol. The third-order valence-electron chi connectivity index (χ3n) is 3.23. The van der Waals surface area contributed by atoms with Gasteiger partial charge in [0.05, 0.1) is 0 Å². The molecule has 0 saturated carbocycles. The molecular weight excluding hydrogens is 282 g/mol. The lowest BCUT2D eigenvalue weighted by Gasteiger charge is -2.21. The molecule has 17 heavy (non-hydrogen) atoms. The van der Waals surface area contributed by atoms with Crippen molar-refractivity contribution in [1.29, 1.82) is 0 Å². The van der Waals surface area contributed by atoms with Gasteiger partial charge in [-0.1, -0.05) is 0 Å². The Morgan fingerprint density at radius 2 is 2.41 bits per heavy atom. The van der Waals surface area contributed by atoms with Gasteiger partial charge in [0, 0.05) is 24.9 Å². The first-order chi connectivity index (χ1) is 8.27. The zero-order chi connectivity index (χ0) is 11.8. The van der Waals surface area contributed by atoms with Crippen LogP contribution in [-0.4, -0.2) is 27.5 Å². The second kappa shape index (κ2) is 4.27. The summed E-state index contributed by atoms with van der Waals surface area (Å²) in [7, 11) is 0. The standard InChI is InChI=1S/C11H14BrN5/c12-9-8-10(13)15-4-5-17(8)11(16-9)7-2-1-3-14-6-7/h4-5,7,14H,1-3,6H2,(H2,13,15)/t7-/m1/s1. The Labute approximate surface area is 108 Å². The number of imidazole rings is 1. The molecule has 1 aliphatic rings. The maximum Gasteiger partial charge on any atom is 0.150 e. The Morgan fingerprint density at radius 1 is 1.53 bits per heavy atom. The van der Waals surface area contributed by atoms with Gasteiger partial charge in [-0.25, -0.2) is 9.97 Å². The Morgan fingerprint density at radius 3 is 3.18 bits per heavy atom. The Hall–Kier alpha value is -1.14. The predicted octanol–water partition coefficient (Wildman–Crippen LogP) is 1.54. The van der Waals surface area contributed by atoms with E-state index in [0.717, 1.165) is 29.0 Å². The molecule has 3 rings (SSSR count). The van der Waals surface area contributed by atoms with Gasteiger partial charge in [-0.2, -0.15) is 0 Å². The Kier molecular flexibility index (Phi) is 2.76. The fraction of sp³-hybridized carbons (Fsp3) is 0.455. The van der Waals surface area contributed by atoms with Gasteiger partial charge in [-0.15, -0.1) is 0 Å². The number of hydrogen-bond donors (Lipinski definition) is 2. The number of hydrogen-bond acceptors (Lipinski definition) is 4. The van der Waals surface area contributed by atoms with E-state index in [1.165, 1.54) is 12.8 Å². The van der Waals surface area contributed by atoms with Crippen molar-refractivity contribution in [3.63, 3.8) is 0 Å². The zero-order valence-electron chi connectivity index (χ0n) is 9.36. The SMILES string of the molecule is Nc1nccn2c([C@@H]3CCCNC3)nc(Br)c12. The van der Waals surface area contributed by atoms with E-state index in [4.69, 9.17) is 5.73 Å². The summed E-state index contributed by atoms with van der Waals surface area (Å²) in [6.45, 7) is 2.08. The number of nitrogen functional groups attached to an aromatic ring is 1. The number of nitrogens with one attached hydrogen (secondary N) is 1. The molecule has 2 aromatic heterocycles. The van der Waals surface area contributed by atoms with E-state index in [9.17, 15) is 0 Å². The van der Waals surface area contributed by atoms with Crippen molar-refractivity contribution in [3.05, 3.63) is 22.8 Å². The van der Waals surface area contributed by atoms with Crippen LogP contribution in [0.5, 0.6) is 0 Å². The van der Waals surface area contributed by atoms with Crippen LogP contribution in [0.3, 0.4) is 0 Å². The van der Waals surface area contributed by atoms with Crippen LogP contribution in [-0.2, 0) is 0 Å². The highest BCUT2D eigenvalue weighted by Crippen LogP contribution is 2.29. The van der Waals surface area contributed by atoms with Crippen LogP contribution in [0.1, 0.15) is 24.6 Å². The van der Waals surface area contributed by atoms with E-state index in [1.807, 2.05) is 10.6 Å². The molecule has 1 saturated heterocycles. The molecule has 90 valence electrons. The lowest BCUT2D eigenvalue weighted by atomic mass is 9.99. The molecule has 2 aromatic rings. The molecule has 3 heterocycles. The maximum absolute atomic E-state index is 5.88. The van der Waals surface area contributed by atoms with Gasteiger partial charge in [0.15, 0.2) is 5.82 Å². The van der Waals surface area contributed by atoms with E-state index in [2.05, 4.69) is 31.2 Å². The Bertz CT molecular complexity index is 544. The lowest BCUT2D eigenvalue weighted by molar-refractivity contribution is 0.445. The quantitative estimate of drug-likeness (QED) is 0.837. The van der Waals surface area contributed by atoms with Crippen molar-refractivity contribution in [1.82, 2.24) is 19.7 Å². The highest BCUT2D eigenvalue weighted by molar-refractivity contribution is 9.10. The molecule has 1 fully saturated rings. The maximum atomic E-state index is 5.88. The predicted molar refractivity (Wildman–Crippen MR) is 69.9 cm³/mol. The van der Waals surface area contributed by atoms with Crippen LogP contribution in [0.25, 0.3) is 5.52 Å². The summed E-state index contributed by atoms with van der Waals surface area (Å²) in [5, 5.41) is 3.41. The smallest absolute Gasteiger partial charge is 0.150 e. The van der Waals surface area contributed by atoms with Crippen molar-refractivity contribution in [2.45, 2.75) is 18.8 Å². The van der Waals surface area contributed by atoms with Crippen LogP contribution in [0.4, 0.5) is 5.82 Å². The van der Waals surface area contributed by atoms with Gasteiger partial charge in [-0.3, -0.25) is 4.40 Å². The molecule has 6 heteroatoms. The number of anilines is 1. The van der Waals surface area contributed by atoms with Crippen molar-refractivity contribution < 1.29 is 0 Å². The number of halogens is 1. The average Bonchev–Trinajstić information content (AvgIpc) is 2.69. The highest BCUT2D eigenvalue weighted by atomic mass is 79.9. The molecule has 0 spiro atoms. The van der Waals surface area contributed by atoms with Crippen LogP contribution < -0.4 is 11.1 Å². The molecular formula is C11H14BrN5. The van der Waals surface area contributed by atoms with E-state index >= 15 is 0 Å². The second-order valence-corrected chi connectivity index (χ2v) is 5.09. The summed E-state index contributed by atoms with van der Waals surface area (Å²) >= 11 is 3.46. The first-order valence-electron chi connectivity index (χ1n) is 5.76. The molecule has 5 nitrogen and oxygen atoms in total. The molecule has 1 aliphatic heterocycles. The van der Waals surface area contributed by atoms with Gasteiger partial charge in [0.2, 0.25) is 0 Å². The Balaban J connectivity index is 2.13. The summed E-state index contributed by atoms with van der Waals surface area (Å²) in [5.41, 5.74) is 6.75. The normalized spacial score (nSPS) is 20.9. The largest absolute Gasteiger partial charge is 0.382 e. The van der Waals surface area contributed by atoms with Crippen LogP contribution in [0.2, 0.25) is 0 Å². The lowest BCUT2D eigenvalue weighted by Crippen LogP contribution is -2.29. The van der Waals surface area contributed by atoms with E-state index in [0.29, 0.717) is 11.7 Å². The summed E-state index contributed by atoms with van der Waals surface area (Å²) in [6, 6.07) is 0. The van der Waals surface area contributed by atoms with Crippen LogP contribution in [0, 0.1) is 0 Å². The summed E-state index contributed by atoms with van der Waals surface area (Å²) in [4.78, 5) is 8.69. The molecule has 0 amide bonds. The minimum Gasteiger partial charge on any atom is -0.382 e. The van der Waals surface area contributed by atoms with Crippen molar-refractivity contribution in [3.8, 4) is 0 Å². The molecule has 3 N–H and O–H groups in total. The minimum absolute atomic E-state index is 0.448. The van der Waals surface area contributed by atoms with E-state index < -0.39 is 0 Å². The monoisotopic (exact) mass is 295 g/mol. The van der Waals surface area contributed by atoms with Gasteiger partial charge < -0.3 is 11.1 Å². The minimum atomic E-state index is 0.448. The number of piperidine rings is 1. The van der Waals surface area contributed by atoms with E-state index in [1.54, 1.807) is 6.20 Å². The third kappa shape index (κ3) is 1.81. The van der Waals surface area contributed by atoms with Gasteiger partial charge >= 0.3 is 0 Å². The molecule has 0 radical (unpaired) electrons. The second-order valence-electron chi connectivity index (χ2n) is 4.34. The van der Waals surface area contributed by atoms with Gasteiger partial charge in [-0.05, 0) is 35.3 Å². The van der Waals surface area contributed by atoms with Crippen molar-refractivity contribution in [2.24, 2.45) is 0 Å². The molecule has 0 unspecified atom stereocenters. The zero-order valence-corrected chi connectivity index (χ0v) is 10.9. The summed E-state index contributed by atoms with van der Waals surface area (Å²) in [5.74, 6) is 2.03. The molecule has 0 bridgehead atoms. The highest BCUT2D eigenvalue weighted by Gasteiger charge is 2.22. The number of aromatic nitrogens is 3. The number of rotatable bonds is 1. The molecule has 1 atom stereocenters. The first kappa shape index (κ1) is 11.0. The van der Waals surface area contributed by atoms with E-state index in [-0.39, 0.29) is 0 Å². The van der Waals surface area contributed by atoms with Crippen LogP contribution >= 0.6 is 15.9 Å². The topological polar surface area (TPSA) is 68.2 Å². The molecule has 0 aliphatic carbocycles. The third-order valence-corrected chi connectivity index (χ3v) is 3.78. The number of nitrogens with two attached hydrogens (primary N) is 1. The van der Waals surface area contributed by atoms with Crippen molar-refractivity contribution >= 4 is 27.3 Å². The molecule has 0 aromatic carbocycles. The van der Waals surface area contributed by atoms with Gasteiger partial charge in [0.25, 0.3) is 0 Å². The number of fused-ring (bicyclic) bond motifs is 1. The fourth-order valence-corrected chi connectivity index (χ4v) is 2.98. The fourth-order valence-electron chi connectivity index (χ4n) is 2.40. The summed E-state index contributed by atoms with van der Waals surface area (Å²) in [6.07, 6.45) is 6.00.